The van der Waals surface area contributed by atoms with Crippen molar-refractivity contribution < 1.29 is 42.1 Å². The fraction of sp³-hybridized carbons (Fsp3) is 0.400. The summed E-state index contributed by atoms with van der Waals surface area (Å²) in [4.78, 5) is 25.4. The molecule has 0 unspecified atom stereocenters. The molecule has 3 aromatic rings. The summed E-state index contributed by atoms with van der Waals surface area (Å²) in [6, 6.07) is 13.5. The van der Waals surface area contributed by atoms with E-state index in [0.29, 0.717) is 18.8 Å². The molecule has 1 aromatic heterocycles. The highest BCUT2D eigenvalue weighted by Gasteiger charge is 2.31. The summed E-state index contributed by atoms with van der Waals surface area (Å²) in [7, 11) is -0.919. The van der Waals surface area contributed by atoms with Crippen LogP contribution in [0.1, 0.15) is 29.6 Å². The topological polar surface area (TPSA) is 146 Å². The van der Waals surface area contributed by atoms with Crippen LogP contribution in [-0.4, -0.2) is 94.2 Å². The molecule has 4 rings (SSSR count). The largest absolute Gasteiger partial charge is 0.497 e. The lowest BCUT2D eigenvalue weighted by atomic mass is 9.92. The van der Waals surface area contributed by atoms with Crippen molar-refractivity contribution in [3.05, 3.63) is 72.1 Å². The molecule has 0 fully saturated rings. The van der Waals surface area contributed by atoms with Crippen molar-refractivity contribution in [1.82, 2.24) is 14.2 Å². The van der Waals surface area contributed by atoms with E-state index < -0.39 is 22.2 Å². The normalized spacial score (nSPS) is 17.0. The second kappa shape index (κ2) is 14.6. The Bertz CT molecular complexity index is 1550. The number of sulfonamides is 1. The lowest BCUT2D eigenvalue weighted by Crippen LogP contribution is -2.38. The fourth-order valence-electron chi connectivity index (χ4n) is 4.90. The van der Waals surface area contributed by atoms with E-state index in [2.05, 4.69) is 5.32 Å². The van der Waals surface area contributed by atoms with Crippen LogP contribution < -0.4 is 10.1 Å². The fourth-order valence-corrected chi connectivity index (χ4v) is 6.31. The van der Waals surface area contributed by atoms with E-state index in [9.17, 15) is 23.1 Å². The maximum absolute atomic E-state index is 13.3. The molecule has 232 valence electrons. The molecule has 0 bridgehead atoms. The lowest BCUT2D eigenvalue weighted by molar-refractivity contribution is -0.146. The van der Waals surface area contributed by atoms with E-state index in [1.54, 1.807) is 29.0 Å². The first-order valence-corrected chi connectivity index (χ1v) is 15.3. The number of benzene rings is 2. The Labute approximate surface area is 250 Å². The SMILES string of the molecule is COCCNC(=O)C1=C[C@@H](c2cn(C(C)=O)c3ccccc23)C[C@@H](OCCN(CCO)S(=O)(=O)c2ccc(OC)cc2)O1. The van der Waals surface area contributed by atoms with Crippen LogP contribution in [0.25, 0.3) is 10.9 Å². The third-order valence-electron chi connectivity index (χ3n) is 7.05. The van der Waals surface area contributed by atoms with E-state index in [0.717, 1.165) is 20.8 Å². The summed E-state index contributed by atoms with van der Waals surface area (Å²) < 4.78 is 51.3. The first kappa shape index (κ1) is 32.2. The third-order valence-corrected chi connectivity index (χ3v) is 8.96. The van der Waals surface area contributed by atoms with Gasteiger partial charge in [0.05, 0.1) is 37.3 Å². The van der Waals surface area contributed by atoms with E-state index in [1.807, 2.05) is 24.3 Å². The number of nitrogens with zero attached hydrogens (tertiary/aromatic N) is 2. The molecule has 43 heavy (non-hydrogen) atoms. The highest BCUT2D eigenvalue weighted by Crippen LogP contribution is 2.36. The van der Waals surface area contributed by atoms with Crippen molar-refractivity contribution in [3.63, 3.8) is 0 Å². The van der Waals surface area contributed by atoms with Crippen molar-refractivity contribution in [2.45, 2.75) is 30.4 Å². The van der Waals surface area contributed by atoms with Crippen LogP contribution in [0.5, 0.6) is 5.75 Å². The summed E-state index contributed by atoms with van der Waals surface area (Å²) in [5.74, 6) is -0.374. The van der Waals surface area contributed by atoms with Crippen molar-refractivity contribution in [3.8, 4) is 5.75 Å². The van der Waals surface area contributed by atoms with E-state index in [1.165, 1.54) is 33.3 Å². The number of methoxy groups -OCH3 is 2. The summed E-state index contributed by atoms with van der Waals surface area (Å²) >= 11 is 0. The molecule has 2 heterocycles. The zero-order valence-electron chi connectivity index (χ0n) is 24.4. The Balaban J connectivity index is 1.54. The minimum atomic E-state index is -3.94. The Kier molecular flexibility index (Phi) is 10.9. The first-order valence-electron chi connectivity index (χ1n) is 13.8. The average Bonchev–Trinajstić information content (AvgIpc) is 3.41. The molecular weight excluding hydrogens is 578 g/mol. The van der Waals surface area contributed by atoms with E-state index >= 15 is 0 Å². The predicted molar refractivity (Wildman–Crippen MR) is 158 cm³/mol. The van der Waals surface area contributed by atoms with Gasteiger partial charge < -0.3 is 29.4 Å². The minimum Gasteiger partial charge on any atom is -0.497 e. The van der Waals surface area contributed by atoms with Gasteiger partial charge in [-0.15, -0.1) is 0 Å². The summed E-state index contributed by atoms with van der Waals surface area (Å²) in [6.45, 7) is 1.42. The van der Waals surface area contributed by atoms with Gasteiger partial charge in [0.15, 0.2) is 5.76 Å². The molecule has 2 aromatic carbocycles. The third kappa shape index (κ3) is 7.61. The van der Waals surface area contributed by atoms with Gasteiger partial charge in [-0.1, -0.05) is 18.2 Å². The van der Waals surface area contributed by atoms with Crippen molar-refractivity contribution >= 4 is 32.7 Å². The number of aromatic nitrogens is 1. The molecular formula is C30H37N3O9S. The Morgan fingerprint density at radius 2 is 1.84 bits per heavy atom. The smallest absolute Gasteiger partial charge is 0.286 e. The molecule has 0 aliphatic carbocycles. The van der Waals surface area contributed by atoms with Crippen molar-refractivity contribution in [2.24, 2.45) is 0 Å². The van der Waals surface area contributed by atoms with Gasteiger partial charge in [0.1, 0.15) is 5.75 Å². The second-order valence-electron chi connectivity index (χ2n) is 9.83. The molecule has 1 aliphatic heterocycles. The number of amides is 1. The molecule has 0 radical (unpaired) electrons. The molecule has 2 atom stereocenters. The number of para-hydroxylation sites is 1. The first-order chi connectivity index (χ1) is 20.7. The number of allylic oxidation sites excluding steroid dienone is 1. The quantitative estimate of drug-likeness (QED) is 0.261. The molecule has 1 aliphatic rings. The number of rotatable bonds is 14. The van der Waals surface area contributed by atoms with Gasteiger partial charge in [-0.25, -0.2) is 8.42 Å². The van der Waals surface area contributed by atoms with E-state index in [-0.39, 0.29) is 55.3 Å². The minimum absolute atomic E-state index is 0.0510. The van der Waals surface area contributed by atoms with Crippen LogP contribution >= 0.6 is 0 Å². The van der Waals surface area contributed by atoms with Crippen LogP contribution in [0, 0.1) is 0 Å². The Hall–Kier alpha value is -3.75. The monoisotopic (exact) mass is 615 g/mol. The van der Waals surface area contributed by atoms with Crippen LogP contribution in [0.3, 0.4) is 0 Å². The molecule has 2 N–H and O–H groups in total. The predicted octanol–water partition coefficient (Wildman–Crippen LogP) is 2.49. The molecule has 1 amide bonds. The molecule has 0 saturated heterocycles. The van der Waals surface area contributed by atoms with Crippen LogP contribution in [-0.2, 0) is 29.0 Å². The number of aliphatic hydroxyl groups excluding tert-OH is 1. The number of ether oxygens (including phenoxy) is 4. The zero-order valence-corrected chi connectivity index (χ0v) is 25.2. The lowest BCUT2D eigenvalue weighted by Gasteiger charge is -2.30. The number of nitrogens with one attached hydrogen (secondary N) is 1. The van der Waals surface area contributed by atoms with Gasteiger partial charge in [-0.05, 0) is 42.0 Å². The number of fused-ring (bicyclic) bond motifs is 1. The maximum atomic E-state index is 13.3. The summed E-state index contributed by atoms with van der Waals surface area (Å²) in [6.07, 6.45) is 2.89. The number of aliphatic hydroxyl groups is 1. The average molecular weight is 616 g/mol. The standard InChI is InChI=1S/C30H37N3O9S/c1-21(35)33-20-26(25-6-4-5-7-27(25)33)22-18-28(30(36)31-12-16-39-2)42-29(19-22)41-17-14-32(13-15-34)43(37,38)24-10-8-23(40-3)9-11-24/h4-11,18,20,22,29,34H,12-17,19H2,1-3H3,(H,31,36)/t22-,29+/m1/s1. The van der Waals surface area contributed by atoms with Gasteiger partial charge in [0.2, 0.25) is 22.2 Å². The van der Waals surface area contributed by atoms with Crippen LogP contribution in [0.15, 0.2) is 71.5 Å². The molecule has 13 heteroatoms. The summed E-state index contributed by atoms with van der Waals surface area (Å²) in [5.41, 5.74) is 1.57. The molecule has 0 spiro atoms. The summed E-state index contributed by atoms with van der Waals surface area (Å²) in [5, 5.41) is 13.2. The maximum Gasteiger partial charge on any atom is 0.286 e. The van der Waals surface area contributed by atoms with Crippen LogP contribution in [0.2, 0.25) is 0 Å². The molecule has 0 saturated carbocycles. The van der Waals surface area contributed by atoms with Gasteiger partial charge in [-0.2, -0.15) is 4.31 Å². The van der Waals surface area contributed by atoms with Gasteiger partial charge in [0, 0.05) is 57.6 Å². The van der Waals surface area contributed by atoms with Crippen LogP contribution in [0.4, 0.5) is 0 Å². The Morgan fingerprint density at radius 1 is 1.09 bits per heavy atom. The number of carbonyl (C=O) groups is 2. The highest BCUT2D eigenvalue weighted by molar-refractivity contribution is 7.89. The van der Waals surface area contributed by atoms with Crippen molar-refractivity contribution in [2.75, 3.05) is 53.7 Å². The van der Waals surface area contributed by atoms with Gasteiger partial charge in [0.25, 0.3) is 5.91 Å². The number of hydrogen-bond donors (Lipinski definition) is 2. The second-order valence-corrected chi connectivity index (χ2v) is 11.8. The zero-order chi connectivity index (χ0) is 31.0. The Morgan fingerprint density at radius 3 is 2.51 bits per heavy atom. The van der Waals surface area contributed by atoms with E-state index in [4.69, 9.17) is 18.9 Å². The molecule has 12 nitrogen and oxygen atoms in total. The number of carbonyl (C=O) groups excluding carboxylic acids is 2. The number of hydrogen-bond acceptors (Lipinski definition) is 9. The van der Waals surface area contributed by atoms with Gasteiger partial charge in [-0.3, -0.25) is 14.2 Å². The van der Waals surface area contributed by atoms with Crippen molar-refractivity contribution in [1.29, 1.82) is 0 Å². The highest BCUT2D eigenvalue weighted by atomic mass is 32.2. The van der Waals surface area contributed by atoms with Gasteiger partial charge >= 0.3 is 0 Å².